The van der Waals surface area contributed by atoms with Gasteiger partial charge in [0.15, 0.2) is 0 Å². The summed E-state index contributed by atoms with van der Waals surface area (Å²) >= 11 is 0. The van der Waals surface area contributed by atoms with Gasteiger partial charge in [-0.05, 0) is 45.8 Å². The normalized spacial score (nSPS) is 11.4. The Labute approximate surface area is 178 Å². The number of rotatable bonds is 2. The van der Waals surface area contributed by atoms with Crippen molar-refractivity contribution in [3.8, 4) is 0 Å². The monoisotopic (exact) mass is 473 g/mol. The van der Waals surface area contributed by atoms with Gasteiger partial charge < -0.3 is 9.11 Å². The molecule has 4 aromatic rings. The molecular formula is C20H14CoO6S2. The van der Waals surface area contributed by atoms with Crippen molar-refractivity contribution in [3.05, 3.63) is 84.9 Å². The number of benzene rings is 4. The van der Waals surface area contributed by atoms with Crippen molar-refractivity contribution in [1.82, 2.24) is 0 Å². The average molecular weight is 473 g/mol. The third-order valence-corrected chi connectivity index (χ3v) is 5.68. The van der Waals surface area contributed by atoms with Crippen LogP contribution < -0.4 is 0 Å². The molecule has 0 unspecified atom stereocenters. The molecule has 1 radical (unpaired) electrons. The molecule has 29 heavy (non-hydrogen) atoms. The first kappa shape index (κ1) is 23.0. The van der Waals surface area contributed by atoms with E-state index < -0.39 is 20.2 Å². The van der Waals surface area contributed by atoms with Crippen LogP contribution in [0.1, 0.15) is 0 Å². The predicted molar refractivity (Wildman–Crippen MR) is 104 cm³/mol. The van der Waals surface area contributed by atoms with Crippen LogP contribution in [0.15, 0.2) is 94.7 Å². The molecule has 4 aromatic carbocycles. The van der Waals surface area contributed by atoms with Gasteiger partial charge in [-0.15, -0.1) is 0 Å². The van der Waals surface area contributed by atoms with Crippen LogP contribution in [0, 0.1) is 0 Å². The van der Waals surface area contributed by atoms with Crippen molar-refractivity contribution in [1.29, 1.82) is 0 Å². The molecule has 0 atom stereocenters. The molecule has 0 aliphatic rings. The summed E-state index contributed by atoms with van der Waals surface area (Å²) in [6.45, 7) is 0. The Kier molecular flexibility index (Phi) is 7.17. The van der Waals surface area contributed by atoms with E-state index in [9.17, 15) is 25.9 Å². The number of hydrogen-bond acceptors (Lipinski definition) is 6. The molecule has 0 spiro atoms. The molecule has 4 rings (SSSR count). The predicted octanol–water partition coefficient (Wildman–Crippen LogP) is 3.49. The molecule has 0 fully saturated rings. The summed E-state index contributed by atoms with van der Waals surface area (Å²) in [5.74, 6) is 0. The Hall–Kier alpha value is -2.27. The van der Waals surface area contributed by atoms with Crippen LogP contribution in [-0.2, 0) is 37.0 Å². The third-order valence-electron chi connectivity index (χ3n) is 4.02. The third kappa shape index (κ3) is 5.86. The van der Waals surface area contributed by atoms with Crippen molar-refractivity contribution in [2.24, 2.45) is 0 Å². The van der Waals surface area contributed by atoms with Gasteiger partial charge in [0.1, 0.15) is 20.2 Å². The Balaban J connectivity index is 0.000000200. The minimum atomic E-state index is -4.34. The molecule has 6 nitrogen and oxygen atoms in total. The molecule has 0 N–H and O–H groups in total. The molecule has 0 aromatic heterocycles. The molecule has 0 aliphatic carbocycles. The maximum absolute atomic E-state index is 10.7. The van der Waals surface area contributed by atoms with Gasteiger partial charge >= 0.3 is 16.8 Å². The Morgan fingerprint density at radius 3 is 1.10 bits per heavy atom. The minimum absolute atomic E-state index is 0. The van der Waals surface area contributed by atoms with Crippen molar-refractivity contribution in [2.75, 3.05) is 0 Å². The zero-order valence-corrected chi connectivity index (χ0v) is 17.4. The van der Waals surface area contributed by atoms with E-state index in [4.69, 9.17) is 0 Å². The van der Waals surface area contributed by atoms with Crippen molar-refractivity contribution < 1.29 is 42.7 Å². The standard InChI is InChI=1S/2C10H8O3S.Co/c2*11-14(12,13)10-6-5-8-3-1-2-4-9(8)7-10;/h2*1-7H,(H,11,12,13);/q;;+2/p-2. The van der Waals surface area contributed by atoms with Gasteiger partial charge in [0, 0.05) is 0 Å². The Morgan fingerprint density at radius 1 is 0.483 bits per heavy atom. The summed E-state index contributed by atoms with van der Waals surface area (Å²) in [6, 6.07) is 23.2. The maximum Gasteiger partial charge on any atom is 2.00 e. The van der Waals surface area contributed by atoms with Gasteiger partial charge in [0.05, 0.1) is 9.79 Å². The van der Waals surface area contributed by atoms with E-state index >= 15 is 0 Å². The molecule has 0 amide bonds. The van der Waals surface area contributed by atoms with Gasteiger partial charge in [-0.25, -0.2) is 16.8 Å². The van der Waals surface area contributed by atoms with Crippen LogP contribution in [0.5, 0.6) is 0 Å². The van der Waals surface area contributed by atoms with E-state index in [-0.39, 0.29) is 26.6 Å². The van der Waals surface area contributed by atoms with Crippen LogP contribution in [0.2, 0.25) is 0 Å². The van der Waals surface area contributed by atoms with Crippen LogP contribution in [0.25, 0.3) is 21.5 Å². The minimum Gasteiger partial charge on any atom is -0.744 e. The van der Waals surface area contributed by atoms with Gasteiger partial charge in [0.2, 0.25) is 0 Å². The van der Waals surface area contributed by atoms with Gasteiger partial charge in [0.25, 0.3) is 0 Å². The topological polar surface area (TPSA) is 114 Å². The van der Waals surface area contributed by atoms with Crippen molar-refractivity contribution in [2.45, 2.75) is 9.79 Å². The number of hydrogen-bond donors (Lipinski definition) is 0. The van der Waals surface area contributed by atoms with Crippen LogP contribution in [-0.4, -0.2) is 25.9 Å². The Morgan fingerprint density at radius 2 is 0.793 bits per heavy atom. The molecular weight excluding hydrogens is 459 g/mol. The van der Waals surface area contributed by atoms with Crippen LogP contribution >= 0.6 is 0 Å². The summed E-state index contributed by atoms with van der Waals surface area (Å²) in [5.41, 5.74) is 0. The molecule has 0 heterocycles. The van der Waals surface area contributed by atoms with E-state index in [0.717, 1.165) is 21.5 Å². The summed E-state index contributed by atoms with van der Waals surface area (Å²) < 4.78 is 64.3. The zero-order valence-electron chi connectivity index (χ0n) is 14.7. The zero-order chi connectivity index (χ0) is 20.4. The van der Waals surface area contributed by atoms with Crippen molar-refractivity contribution in [3.63, 3.8) is 0 Å². The number of fused-ring (bicyclic) bond motifs is 2. The van der Waals surface area contributed by atoms with Crippen LogP contribution in [0.4, 0.5) is 0 Å². The fraction of sp³-hybridized carbons (Fsp3) is 0. The second kappa shape index (κ2) is 9.03. The fourth-order valence-corrected chi connectivity index (χ4v) is 3.66. The first-order valence-electron chi connectivity index (χ1n) is 8.04. The summed E-state index contributed by atoms with van der Waals surface area (Å²) in [6.07, 6.45) is 0. The fourth-order valence-electron chi connectivity index (χ4n) is 2.65. The van der Waals surface area contributed by atoms with E-state index in [0.29, 0.717) is 0 Å². The molecule has 9 heteroatoms. The Bertz CT molecular complexity index is 1260. The quantitative estimate of drug-likeness (QED) is 0.412. The largest absolute Gasteiger partial charge is 2.00 e. The van der Waals surface area contributed by atoms with Crippen LogP contribution in [0.3, 0.4) is 0 Å². The van der Waals surface area contributed by atoms with E-state index in [2.05, 4.69) is 0 Å². The van der Waals surface area contributed by atoms with Gasteiger partial charge in [-0.2, -0.15) is 0 Å². The molecule has 0 saturated carbocycles. The van der Waals surface area contributed by atoms with Crippen molar-refractivity contribution >= 4 is 41.8 Å². The average Bonchev–Trinajstić information content (AvgIpc) is 2.66. The molecule has 0 saturated heterocycles. The molecule has 151 valence electrons. The van der Waals surface area contributed by atoms with E-state index in [1.54, 1.807) is 36.4 Å². The summed E-state index contributed by atoms with van der Waals surface area (Å²) in [4.78, 5) is -0.368. The molecule has 0 bridgehead atoms. The summed E-state index contributed by atoms with van der Waals surface area (Å²) in [7, 11) is -8.69. The maximum atomic E-state index is 10.7. The summed E-state index contributed by atoms with van der Waals surface area (Å²) in [5, 5.41) is 3.34. The first-order chi connectivity index (χ1) is 13.1. The first-order valence-corrected chi connectivity index (χ1v) is 10.9. The second-order valence-electron chi connectivity index (χ2n) is 5.93. The molecule has 0 aliphatic heterocycles. The van der Waals surface area contributed by atoms with Gasteiger partial charge in [-0.1, -0.05) is 60.7 Å². The van der Waals surface area contributed by atoms with E-state index in [1.165, 1.54) is 24.3 Å². The van der Waals surface area contributed by atoms with Gasteiger partial charge in [-0.3, -0.25) is 0 Å². The second-order valence-corrected chi connectivity index (χ2v) is 8.69. The van der Waals surface area contributed by atoms with E-state index in [1.807, 2.05) is 24.3 Å². The smallest absolute Gasteiger partial charge is 0.744 e. The SMILES string of the molecule is O=S(=O)([O-])c1ccc2ccccc2c1.O=S(=O)([O-])c1ccc2ccccc2c1.[Co+2].